The molecule has 1 heteroatoms. The Morgan fingerprint density at radius 1 is 1.18 bits per heavy atom. The summed E-state index contributed by atoms with van der Waals surface area (Å²) in [4.78, 5) is 0. The Balaban J connectivity index is 1.82. The highest BCUT2D eigenvalue weighted by Crippen LogP contribution is 2.42. The molecule has 0 spiro atoms. The molecule has 0 radical (unpaired) electrons. The van der Waals surface area contributed by atoms with Crippen LogP contribution in [0.1, 0.15) is 56.6 Å². The second-order valence-electron chi connectivity index (χ2n) is 6.39. The number of hydrogen-bond donors (Lipinski definition) is 1. The summed E-state index contributed by atoms with van der Waals surface area (Å²) >= 11 is 0. The molecule has 1 N–H and O–H groups in total. The second kappa shape index (κ2) is 4.13. The highest BCUT2D eigenvalue weighted by molar-refractivity contribution is 5.38. The van der Waals surface area contributed by atoms with Crippen molar-refractivity contribution in [1.29, 1.82) is 0 Å². The van der Waals surface area contributed by atoms with Crippen LogP contribution in [-0.2, 0) is 5.41 Å². The summed E-state index contributed by atoms with van der Waals surface area (Å²) in [5.41, 5.74) is 3.54. The van der Waals surface area contributed by atoms with Gasteiger partial charge in [0.2, 0.25) is 0 Å². The molecule has 2 aliphatic carbocycles. The third-order valence-corrected chi connectivity index (χ3v) is 4.48. The van der Waals surface area contributed by atoms with Gasteiger partial charge < -0.3 is 5.32 Å². The minimum atomic E-state index is 0.368. The summed E-state index contributed by atoms with van der Waals surface area (Å²) in [6.07, 6.45) is 5.43. The van der Waals surface area contributed by atoms with E-state index in [1.807, 2.05) is 0 Å². The van der Waals surface area contributed by atoms with Gasteiger partial charge >= 0.3 is 0 Å². The van der Waals surface area contributed by atoms with Gasteiger partial charge in [-0.1, -0.05) is 38.1 Å². The molecule has 1 aromatic rings. The highest BCUT2D eigenvalue weighted by Gasteiger charge is 2.32. The zero-order chi connectivity index (χ0) is 11.9. The van der Waals surface area contributed by atoms with E-state index in [1.54, 1.807) is 11.1 Å². The molecule has 1 unspecified atom stereocenters. The Kier molecular flexibility index (Phi) is 2.74. The topological polar surface area (TPSA) is 12.0 Å². The van der Waals surface area contributed by atoms with Crippen LogP contribution in [0.3, 0.4) is 0 Å². The molecule has 1 atom stereocenters. The van der Waals surface area contributed by atoms with Gasteiger partial charge in [0.1, 0.15) is 0 Å². The van der Waals surface area contributed by atoms with E-state index in [4.69, 9.17) is 0 Å². The Morgan fingerprint density at radius 2 is 1.94 bits per heavy atom. The lowest BCUT2D eigenvalue weighted by Crippen LogP contribution is -2.31. The first-order chi connectivity index (χ1) is 8.17. The summed E-state index contributed by atoms with van der Waals surface area (Å²) in [5, 5.41) is 3.69. The summed E-state index contributed by atoms with van der Waals surface area (Å²) in [6, 6.07) is 9.90. The zero-order valence-electron chi connectivity index (χ0n) is 11.0. The van der Waals surface area contributed by atoms with Crippen LogP contribution in [0, 0.1) is 0 Å². The minimum absolute atomic E-state index is 0.368. The molecule has 0 saturated heterocycles. The lowest BCUT2D eigenvalue weighted by Gasteiger charge is -2.37. The van der Waals surface area contributed by atoms with E-state index in [9.17, 15) is 0 Å². The molecule has 1 saturated carbocycles. The van der Waals surface area contributed by atoms with E-state index in [0.717, 1.165) is 12.0 Å². The average Bonchev–Trinajstić information content (AvgIpc) is 3.12. The Bertz CT molecular complexity index is 404. The highest BCUT2D eigenvalue weighted by atomic mass is 14.9. The van der Waals surface area contributed by atoms with Crippen molar-refractivity contribution in [1.82, 2.24) is 5.32 Å². The van der Waals surface area contributed by atoms with Crippen LogP contribution in [0.4, 0.5) is 0 Å². The molecule has 0 bridgehead atoms. The molecule has 1 nitrogen and oxygen atoms in total. The van der Waals surface area contributed by atoms with Gasteiger partial charge in [-0.05, 0) is 48.1 Å². The first kappa shape index (κ1) is 11.3. The van der Waals surface area contributed by atoms with Gasteiger partial charge in [-0.15, -0.1) is 0 Å². The third kappa shape index (κ3) is 2.26. The van der Waals surface area contributed by atoms with Gasteiger partial charge in [0.15, 0.2) is 0 Å². The van der Waals surface area contributed by atoms with Crippen molar-refractivity contribution >= 4 is 0 Å². The first-order valence-electron chi connectivity index (χ1n) is 6.99. The monoisotopic (exact) mass is 229 g/mol. The predicted molar refractivity (Wildman–Crippen MR) is 72.5 cm³/mol. The van der Waals surface area contributed by atoms with E-state index >= 15 is 0 Å². The Hall–Kier alpha value is -0.820. The maximum Gasteiger partial charge on any atom is 0.00684 e. The smallest absolute Gasteiger partial charge is 0.00684 e. The largest absolute Gasteiger partial charge is 0.313 e. The molecule has 0 amide bonds. The van der Waals surface area contributed by atoms with Gasteiger partial charge in [-0.3, -0.25) is 0 Å². The average molecular weight is 229 g/mol. The fraction of sp³-hybridized carbons (Fsp3) is 0.625. The lowest BCUT2D eigenvalue weighted by atomic mass is 9.69. The molecule has 0 aromatic heterocycles. The van der Waals surface area contributed by atoms with Gasteiger partial charge in [0.25, 0.3) is 0 Å². The van der Waals surface area contributed by atoms with Crippen molar-refractivity contribution < 1.29 is 0 Å². The van der Waals surface area contributed by atoms with Gasteiger partial charge in [0, 0.05) is 12.6 Å². The van der Waals surface area contributed by atoms with Crippen LogP contribution in [0.5, 0.6) is 0 Å². The van der Waals surface area contributed by atoms with E-state index in [1.165, 1.54) is 32.2 Å². The number of fused-ring (bicyclic) bond motifs is 1. The van der Waals surface area contributed by atoms with Crippen LogP contribution in [0.25, 0.3) is 0 Å². The summed E-state index contributed by atoms with van der Waals surface area (Å²) in [6.45, 7) is 5.95. The Morgan fingerprint density at radius 3 is 2.71 bits per heavy atom. The lowest BCUT2D eigenvalue weighted by molar-refractivity contribution is 0.382. The predicted octanol–water partition coefficient (Wildman–Crippen LogP) is 3.59. The standard InChI is InChI=1S/C16H23N/c1-16(2)10-9-12(11-17-13-7-8-13)14-5-3-4-6-15(14)16/h3-6,12-13,17H,7-11H2,1-2H3. The van der Waals surface area contributed by atoms with Gasteiger partial charge in [0.05, 0.1) is 0 Å². The van der Waals surface area contributed by atoms with Crippen LogP contribution < -0.4 is 5.32 Å². The van der Waals surface area contributed by atoms with E-state index < -0.39 is 0 Å². The van der Waals surface area contributed by atoms with Crippen molar-refractivity contribution in [2.75, 3.05) is 6.54 Å². The SMILES string of the molecule is CC1(C)CCC(CNC2CC2)c2ccccc21. The maximum absolute atomic E-state index is 3.69. The van der Waals surface area contributed by atoms with Crippen molar-refractivity contribution in [2.45, 2.75) is 56.9 Å². The summed E-state index contributed by atoms with van der Waals surface area (Å²) in [5.74, 6) is 0.736. The first-order valence-corrected chi connectivity index (χ1v) is 6.99. The van der Waals surface area contributed by atoms with Gasteiger partial charge in [-0.2, -0.15) is 0 Å². The molecule has 0 heterocycles. The van der Waals surface area contributed by atoms with Gasteiger partial charge in [-0.25, -0.2) is 0 Å². The summed E-state index contributed by atoms with van der Waals surface area (Å²) < 4.78 is 0. The van der Waals surface area contributed by atoms with Crippen molar-refractivity contribution in [3.05, 3.63) is 35.4 Å². The van der Waals surface area contributed by atoms with Crippen LogP contribution in [0.2, 0.25) is 0 Å². The molecule has 3 rings (SSSR count). The number of hydrogen-bond acceptors (Lipinski definition) is 1. The maximum atomic E-state index is 3.69. The van der Waals surface area contributed by atoms with Crippen LogP contribution >= 0.6 is 0 Å². The molecule has 1 aromatic carbocycles. The summed E-state index contributed by atoms with van der Waals surface area (Å²) in [7, 11) is 0. The normalized spacial score (nSPS) is 26.6. The molecule has 17 heavy (non-hydrogen) atoms. The van der Waals surface area contributed by atoms with Crippen molar-refractivity contribution in [3.63, 3.8) is 0 Å². The van der Waals surface area contributed by atoms with Crippen LogP contribution in [-0.4, -0.2) is 12.6 Å². The fourth-order valence-corrected chi connectivity index (χ4v) is 3.10. The molecule has 92 valence electrons. The van der Waals surface area contributed by atoms with Crippen molar-refractivity contribution in [2.24, 2.45) is 0 Å². The minimum Gasteiger partial charge on any atom is -0.313 e. The molecule has 2 aliphatic rings. The van der Waals surface area contributed by atoms with E-state index in [0.29, 0.717) is 5.41 Å². The fourth-order valence-electron chi connectivity index (χ4n) is 3.10. The van der Waals surface area contributed by atoms with E-state index in [-0.39, 0.29) is 0 Å². The van der Waals surface area contributed by atoms with E-state index in [2.05, 4.69) is 43.4 Å². The molecule has 1 fully saturated rings. The molecular formula is C16H23N. The number of benzene rings is 1. The number of rotatable bonds is 3. The quantitative estimate of drug-likeness (QED) is 0.835. The number of nitrogens with one attached hydrogen (secondary N) is 1. The molecular weight excluding hydrogens is 206 g/mol. The Labute approximate surface area is 105 Å². The van der Waals surface area contributed by atoms with Crippen molar-refractivity contribution in [3.8, 4) is 0 Å². The molecule has 0 aliphatic heterocycles. The second-order valence-corrected chi connectivity index (χ2v) is 6.39. The van der Waals surface area contributed by atoms with Crippen LogP contribution in [0.15, 0.2) is 24.3 Å². The zero-order valence-corrected chi connectivity index (χ0v) is 11.0. The third-order valence-electron chi connectivity index (χ3n) is 4.48.